The SMILES string of the molecule is O=C(NCC(O)c1ccc(Cl)cc1)c1ncn(-c2ccccc2)n1. The van der Waals surface area contributed by atoms with E-state index >= 15 is 0 Å². The summed E-state index contributed by atoms with van der Waals surface area (Å²) < 4.78 is 1.52. The average Bonchev–Trinajstić information content (AvgIpc) is 3.11. The molecule has 1 heterocycles. The number of para-hydroxylation sites is 1. The topological polar surface area (TPSA) is 80.0 Å². The van der Waals surface area contributed by atoms with Gasteiger partial charge in [-0.3, -0.25) is 4.79 Å². The lowest BCUT2D eigenvalue weighted by Crippen LogP contribution is -2.29. The molecule has 0 fully saturated rings. The molecule has 0 aliphatic carbocycles. The molecule has 2 N–H and O–H groups in total. The number of amides is 1. The smallest absolute Gasteiger partial charge is 0.291 e. The standard InChI is InChI=1S/C17H15ClN4O2/c18-13-8-6-12(7-9-13)15(23)10-19-17(24)16-20-11-22(21-16)14-4-2-1-3-5-14/h1-9,11,15,23H,10H2,(H,19,24). The fraction of sp³-hybridized carbons (Fsp3) is 0.118. The minimum atomic E-state index is -0.831. The summed E-state index contributed by atoms with van der Waals surface area (Å²) >= 11 is 5.81. The second-order valence-electron chi connectivity index (χ2n) is 5.13. The van der Waals surface area contributed by atoms with Crippen molar-refractivity contribution in [3.8, 4) is 5.69 Å². The summed E-state index contributed by atoms with van der Waals surface area (Å²) in [5, 5.41) is 17.4. The molecule has 3 aromatic rings. The quantitative estimate of drug-likeness (QED) is 0.746. The van der Waals surface area contributed by atoms with Crippen molar-refractivity contribution in [2.24, 2.45) is 0 Å². The van der Waals surface area contributed by atoms with Gasteiger partial charge in [-0.05, 0) is 29.8 Å². The average molecular weight is 343 g/mol. The van der Waals surface area contributed by atoms with Crippen LogP contribution in [-0.2, 0) is 0 Å². The number of nitrogens with one attached hydrogen (secondary N) is 1. The number of hydrogen-bond donors (Lipinski definition) is 2. The van der Waals surface area contributed by atoms with Crippen molar-refractivity contribution in [2.45, 2.75) is 6.10 Å². The summed E-state index contributed by atoms with van der Waals surface area (Å²) in [6, 6.07) is 16.2. The van der Waals surface area contributed by atoms with Crippen LogP contribution >= 0.6 is 11.6 Å². The Bertz CT molecular complexity index is 818. The monoisotopic (exact) mass is 342 g/mol. The molecule has 7 heteroatoms. The van der Waals surface area contributed by atoms with Gasteiger partial charge in [0.1, 0.15) is 6.33 Å². The van der Waals surface area contributed by atoms with E-state index in [9.17, 15) is 9.90 Å². The summed E-state index contributed by atoms with van der Waals surface area (Å²) in [4.78, 5) is 16.1. The van der Waals surface area contributed by atoms with Crippen molar-refractivity contribution in [3.63, 3.8) is 0 Å². The van der Waals surface area contributed by atoms with Crippen LogP contribution in [0.5, 0.6) is 0 Å². The summed E-state index contributed by atoms with van der Waals surface area (Å²) in [6.45, 7) is 0.0559. The molecular weight excluding hydrogens is 328 g/mol. The van der Waals surface area contributed by atoms with Gasteiger partial charge in [-0.2, -0.15) is 0 Å². The number of benzene rings is 2. The number of halogens is 1. The molecule has 0 saturated heterocycles. The van der Waals surface area contributed by atoms with Crippen LogP contribution in [0.25, 0.3) is 5.69 Å². The van der Waals surface area contributed by atoms with Crippen LogP contribution in [0.2, 0.25) is 5.02 Å². The molecule has 1 unspecified atom stereocenters. The maximum atomic E-state index is 12.1. The Hall–Kier alpha value is -2.70. The third-order valence-corrected chi connectivity index (χ3v) is 3.68. The molecule has 0 aliphatic heterocycles. The van der Waals surface area contributed by atoms with Gasteiger partial charge in [0.15, 0.2) is 0 Å². The molecule has 0 spiro atoms. The minimum absolute atomic E-state index is 0.0437. The Labute approximate surface area is 143 Å². The van der Waals surface area contributed by atoms with Crippen LogP contribution in [0, 0.1) is 0 Å². The Kier molecular flexibility index (Phi) is 4.88. The first-order valence-corrected chi connectivity index (χ1v) is 7.70. The maximum Gasteiger partial charge on any atom is 0.291 e. The highest BCUT2D eigenvalue weighted by Crippen LogP contribution is 2.15. The van der Waals surface area contributed by atoms with Gasteiger partial charge >= 0.3 is 0 Å². The molecular formula is C17H15ClN4O2. The summed E-state index contributed by atoms with van der Waals surface area (Å²) in [7, 11) is 0. The summed E-state index contributed by atoms with van der Waals surface area (Å²) in [6.07, 6.45) is 0.641. The van der Waals surface area contributed by atoms with E-state index in [-0.39, 0.29) is 12.4 Å². The molecule has 1 amide bonds. The van der Waals surface area contributed by atoms with Crippen LogP contribution in [0.4, 0.5) is 0 Å². The van der Waals surface area contributed by atoms with E-state index in [1.54, 1.807) is 24.3 Å². The second kappa shape index (κ2) is 7.25. The molecule has 122 valence electrons. The fourth-order valence-corrected chi connectivity index (χ4v) is 2.27. The number of aromatic nitrogens is 3. The van der Waals surface area contributed by atoms with E-state index in [0.717, 1.165) is 5.69 Å². The van der Waals surface area contributed by atoms with Gasteiger partial charge in [0.2, 0.25) is 5.82 Å². The Morgan fingerprint density at radius 1 is 1.17 bits per heavy atom. The van der Waals surface area contributed by atoms with Crippen molar-refractivity contribution in [1.82, 2.24) is 20.1 Å². The molecule has 0 saturated carbocycles. The third kappa shape index (κ3) is 3.79. The molecule has 1 aromatic heterocycles. The largest absolute Gasteiger partial charge is 0.387 e. The van der Waals surface area contributed by atoms with Gasteiger partial charge < -0.3 is 10.4 Å². The highest BCUT2D eigenvalue weighted by molar-refractivity contribution is 6.30. The lowest BCUT2D eigenvalue weighted by Gasteiger charge is -2.11. The highest BCUT2D eigenvalue weighted by atomic mass is 35.5. The summed E-state index contributed by atoms with van der Waals surface area (Å²) in [5.41, 5.74) is 1.48. The molecule has 24 heavy (non-hydrogen) atoms. The first kappa shape index (κ1) is 16.2. The predicted molar refractivity (Wildman–Crippen MR) is 90.1 cm³/mol. The Morgan fingerprint density at radius 3 is 2.58 bits per heavy atom. The number of rotatable bonds is 5. The number of aliphatic hydroxyl groups is 1. The van der Waals surface area contributed by atoms with Crippen molar-refractivity contribution in [1.29, 1.82) is 0 Å². The molecule has 0 aliphatic rings. The molecule has 3 rings (SSSR count). The molecule has 6 nitrogen and oxygen atoms in total. The summed E-state index contributed by atoms with van der Waals surface area (Å²) in [5.74, 6) is -0.403. The number of carbonyl (C=O) groups excluding carboxylic acids is 1. The zero-order chi connectivity index (χ0) is 16.9. The van der Waals surface area contributed by atoms with Crippen molar-refractivity contribution < 1.29 is 9.90 Å². The van der Waals surface area contributed by atoms with Crippen LogP contribution in [-0.4, -0.2) is 32.3 Å². The molecule has 0 radical (unpaired) electrons. The fourth-order valence-electron chi connectivity index (χ4n) is 2.14. The van der Waals surface area contributed by atoms with E-state index in [2.05, 4.69) is 15.4 Å². The Balaban J connectivity index is 1.61. The normalized spacial score (nSPS) is 11.9. The van der Waals surface area contributed by atoms with Crippen LogP contribution in [0.3, 0.4) is 0 Å². The maximum absolute atomic E-state index is 12.1. The van der Waals surface area contributed by atoms with Crippen molar-refractivity contribution in [2.75, 3.05) is 6.54 Å². The van der Waals surface area contributed by atoms with Crippen molar-refractivity contribution >= 4 is 17.5 Å². The number of carbonyl (C=O) groups is 1. The van der Waals surface area contributed by atoms with Crippen LogP contribution in [0.1, 0.15) is 22.3 Å². The van der Waals surface area contributed by atoms with E-state index < -0.39 is 12.0 Å². The van der Waals surface area contributed by atoms with Crippen LogP contribution in [0.15, 0.2) is 60.9 Å². The van der Waals surface area contributed by atoms with E-state index in [4.69, 9.17) is 11.6 Å². The molecule has 0 bridgehead atoms. The zero-order valence-corrected chi connectivity index (χ0v) is 13.4. The van der Waals surface area contributed by atoms with Gasteiger partial charge in [-0.1, -0.05) is 41.9 Å². The van der Waals surface area contributed by atoms with E-state index in [0.29, 0.717) is 10.6 Å². The number of aliphatic hydroxyl groups excluding tert-OH is 1. The van der Waals surface area contributed by atoms with Gasteiger partial charge in [0.05, 0.1) is 11.8 Å². The highest BCUT2D eigenvalue weighted by Gasteiger charge is 2.14. The lowest BCUT2D eigenvalue weighted by atomic mass is 10.1. The van der Waals surface area contributed by atoms with Gasteiger partial charge in [-0.25, -0.2) is 9.67 Å². The number of hydrogen-bond acceptors (Lipinski definition) is 4. The third-order valence-electron chi connectivity index (χ3n) is 3.43. The van der Waals surface area contributed by atoms with Gasteiger partial charge in [0.25, 0.3) is 5.91 Å². The first-order valence-electron chi connectivity index (χ1n) is 7.32. The van der Waals surface area contributed by atoms with Gasteiger partial charge in [-0.15, -0.1) is 5.10 Å². The minimum Gasteiger partial charge on any atom is -0.387 e. The second-order valence-corrected chi connectivity index (χ2v) is 5.56. The van der Waals surface area contributed by atoms with Gasteiger partial charge in [0, 0.05) is 11.6 Å². The first-order chi connectivity index (χ1) is 11.6. The number of nitrogens with zero attached hydrogens (tertiary/aromatic N) is 3. The predicted octanol–water partition coefficient (Wildman–Crippen LogP) is 2.38. The van der Waals surface area contributed by atoms with Crippen molar-refractivity contribution in [3.05, 3.63) is 77.3 Å². The van der Waals surface area contributed by atoms with Crippen LogP contribution < -0.4 is 5.32 Å². The van der Waals surface area contributed by atoms with E-state index in [1.807, 2.05) is 30.3 Å². The molecule has 2 aromatic carbocycles. The lowest BCUT2D eigenvalue weighted by molar-refractivity contribution is 0.0906. The Morgan fingerprint density at radius 2 is 1.88 bits per heavy atom. The van der Waals surface area contributed by atoms with E-state index in [1.165, 1.54) is 11.0 Å². The molecule has 1 atom stereocenters. The zero-order valence-electron chi connectivity index (χ0n) is 12.6.